The molecule has 1 aliphatic rings. The van der Waals surface area contributed by atoms with Gasteiger partial charge in [-0.05, 0) is 38.5 Å². The molecule has 27 heavy (non-hydrogen) atoms. The van der Waals surface area contributed by atoms with Gasteiger partial charge in [-0.1, -0.05) is 12.1 Å². The summed E-state index contributed by atoms with van der Waals surface area (Å²) in [6.07, 6.45) is -0.00783. The van der Waals surface area contributed by atoms with Crippen molar-refractivity contribution in [2.75, 3.05) is 6.54 Å². The average Bonchev–Trinajstić information content (AvgIpc) is 2.93. The zero-order valence-corrected chi connectivity index (χ0v) is 15.5. The smallest absolute Gasteiger partial charge is 0.410 e. The molecule has 0 atom stereocenters. The highest BCUT2D eigenvalue weighted by Crippen LogP contribution is 2.25. The fourth-order valence-electron chi connectivity index (χ4n) is 3.04. The van der Waals surface area contributed by atoms with Crippen LogP contribution in [0.2, 0.25) is 0 Å². The summed E-state index contributed by atoms with van der Waals surface area (Å²) in [5.74, 6) is -1.48. The molecule has 0 radical (unpaired) electrons. The van der Waals surface area contributed by atoms with E-state index in [2.05, 4.69) is 5.10 Å². The minimum absolute atomic E-state index is 0.0691. The van der Waals surface area contributed by atoms with Gasteiger partial charge in [0.25, 0.3) is 0 Å². The van der Waals surface area contributed by atoms with Crippen molar-refractivity contribution in [3.05, 3.63) is 52.6 Å². The first-order valence-electron chi connectivity index (χ1n) is 8.68. The number of carbonyl (C=O) groups excluding carboxylic acids is 1. The van der Waals surface area contributed by atoms with Gasteiger partial charge in [0.15, 0.2) is 5.69 Å². The Morgan fingerprint density at radius 1 is 1.26 bits per heavy atom. The monoisotopic (exact) mass is 375 g/mol. The molecule has 2 aromatic rings. The van der Waals surface area contributed by atoms with Crippen LogP contribution in [0, 0.1) is 5.82 Å². The highest BCUT2D eigenvalue weighted by molar-refractivity contribution is 5.87. The van der Waals surface area contributed by atoms with Crippen molar-refractivity contribution in [2.24, 2.45) is 0 Å². The van der Waals surface area contributed by atoms with Gasteiger partial charge in [0.2, 0.25) is 0 Å². The molecule has 0 bridgehead atoms. The number of ether oxygens (including phenoxy) is 1. The van der Waals surface area contributed by atoms with Crippen molar-refractivity contribution in [1.82, 2.24) is 14.7 Å². The molecule has 7 nitrogen and oxygen atoms in total. The molecule has 1 aromatic carbocycles. The Morgan fingerprint density at radius 3 is 2.52 bits per heavy atom. The van der Waals surface area contributed by atoms with Crippen molar-refractivity contribution in [3.63, 3.8) is 0 Å². The SMILES string of the molecule is CC(C)(C)OC(=O)N1CCc2c(c(C(=O)O)nn2Cc2ccc(F)cc2)C1. The summed E-state index contributed by atoms with van der Waals surface area (Å²) in [6.45, 7) is 6.23. The summed E-state index contributed by atoms with van der Waals surface area (Å²) in [5.41, 5.74) is 1.41. The van der Waals surface area contributed by atoms with Gasteiger partial charge in [0.1, 0.15) is 11.4 Å². The molecule has 0 fully saturated rings. The lowest BCUT2D eigenvalue weighted by atomic mass is 10.1. The summed E-state index contributed by atoms with van der Waals surface area (Å²) >= 11 is 0. The second-order valence-corrected chi connectivity index (χ2v) is 7.52. The van der Waals surface area contributed by atoms with Crippen molar-refractivity contribution in [3.8, 4) is 0 Å². The molecule has 1 N–H and O–H groups in total. The number of carboxylic acids is 1. The Morgan fingerprint density at radius 2 is 1.93 bits per heavy atom. The number of carbonyl (C=O) groups is 2. The second-order valence-electron chi connectivity index (χ2n) is 7.52. The van der Waals surface area contributed by atoms with Crippen LogP contribution >= 0.6 is 0 Å². The zero-order valence-electron chi connectivity index (χ0n) is 15.5. The number of hydrogen-bond acceptors (Lipinski definition) is 4. The van der Waals surface area contributed by atoms with Gasteiger partial charge in [-0.3, -0.25) is 4.68 Å². The molecule has 0 unspecified atom stereocenters. The van der Waals surface area contributed by atoms with Gasteiger partial charge in [0, 0.05) is 24.2 Å². The Balaban J connectivity index is 1.87. The number of aromatic nitrogens is 2. The number of nitrogens with zero attached hydrogens (tertiary/aromatic N) is 3. The Bertz CT molecular complexity index is 868. The lowest BCUT2D eigenvalue weighted by molar-refractivity contribution is 0.0220. The van der Waals surface area contributed by atoms with Crippen LogP contribution in [0.25, 0.3) is 0 Å². The van der Waals surface area contributed by atoms with Gasteiger partial charge in [-0.15, -0.1) is 0 Å². The zero-order chi connectivity index (χ0) is 19.8. The highest BCUT2D eigenvalue weighted by Gasteiger charge is 2.32. The van der Waals surface area contributed by atoms with Crippen LogP contribution in [-0.4, -0.2) is 44.0 Å². The Kier molecular flexibility index (Phi) is 4.91. The van der Waals surface area contributed by atoms with E-state index in [-0.39, 0.29) is 18.1 Å². The van der Waals surface area contributed by atoms with Crippen LogP contribution in [0.15, 0.2) is 24.3 Å². The summed E-state index contributed by atoms with van der Waals surface area (Å²) in [4.78, 5) is 25.4. The number of benzene rings is 1. The van der Waals surface area contributed by atoms with E-state index in [9.17, 15) is 19.1 Å². The van der Waals surface area contributed by atoms with Gasteiger partial charge in [0.05, 0.1) is 13.1 Å². The maximum atomic E-state index is 13.1. The Labute approximate surface area is 156 Å². The van der Waals surface area contributed by atoms with E-state index in [4.69, 9.17) is 4.74 Å². The number of carboxylic acid groups (broad SMARTS) is 1. The molecule has 0 saturated carbocycles. The fraction of sp³-hybridized carbons (Fsp3) is 0.421. The van der Waals surface area contributed by atoms with Crippen LogP contribution in [0.5, 0.6) is 0 Å². The molecule has 0 spiro atoms. The second kappa shape index (κ2) is 7.02. The van der Waals surface area contributed by atoms with E-state index in [0.717, 1.165) is 11.3 Å². The molecular weight excluding hydrogens is 353 g/mol. The largest absolute Gasteiger partial charge is 0.476 e. The molecule has 1 amide bonds. The third kappa shape index (κ3) is 4.27. The quantitative estimate of drug-likeness (QED) is 0.891. The van der Waals surface area contributed by atoms with E-state index in [1.807, 2.05) is 0 Å². The lowest BCUT2D eigenvalue weighted by Crippen LogP contribution is -2.40. The number of hydrogen-bond donors (Lipinski definition) is 1. The van der Waals surface area contributed by atoms with Gasteiger partial charge in [-0.25, -0.2) is 14.0 Å². The Hall–Kier alpha value is -2.90. The summed E-state index contributed by atoms with van der Waals surface area (Å²) in [5, 5.41) is 13.7. The average molecular weight is 375 g/mol. The summed E-state index contributed by atoms with van der Waals surface area (Å²) in [7, 11) is 0. The topological polar surface area (TPSA) is 84.7 Å². The number of aromatic carboxylic acids is 1. The molecule has 8 heteroatoms. The van der Waals surface area contributed by atoms with E-state index in [0.29, 0.717) is 25.1 Å². The van der Waals surface area contributed by atoms with Gasteiger partial charge in [-0.2, -0.15) is 5.10 Å². The molecule has 1 aromatic heterocycles. The molecule has 3 rings (SSSR count). The standard InChI is InChI=1S/C19H22FN3O4/c1-19(2,3)27-18(26)22-9-8-15-14(11-22)16(17(24)25)21-23(15)10-12-4-6-13(20)7-5-12/h4-7H,8-11H2,1-3H3,(H,24,25). The fourth-order valence-corrected chi connectivity index (χ4v) is 3.04. The number of amides is 1. The van der Waals surface area contributed by atoms with E-state index in [1.54, 1.807) is 37.6 Å². The summed E-state index contributed by atoms with van der Waals surface area (Å²) < 4.78 is 20.1. The minimum atomic E-state index is -1.14. The first kappa shape index (κ1) is 18.9. The van der Waals surface area contributed by atoms with Crippen molar-refractivity contribution >= 4 is 12.1 Å². The van der Waals surface area contributed by atoms with Crippen molar-refractivity contribution in [2.45, 2.75) is 45.9 Å². The predicted molar refractivity (Wildman–Crippen MR) is 95.0 cm³/mol. The molecular formula is C19H22FN3O4. The number of fused-ring (bicyclic) bond motifs is 1. The van der Waals surface area contributed by atoms with Gasteiger partial charge < -0.3 is 14.7 Å². The van der Waals surface area contributed by atoms with Crippen LogP contribution in [-0.2, 0) is 24.2 Å². The van der Waals surface area contributed by atoms with Crippen LogP contribution in [0.4, 0.5) is 9.18 Å². The van der Waals surface area contributed by atoms with E-state index in [1.165, 1.54) is 17.0 Å². The maximum Gasteiger partial charge on any atom is 0.410 e. The third-order valence-electron chi connectivity index (χ3n) is 4.23. The lowest BCUT2D eigenvalue weighted by Gasteiger charge is -2.30. The third-order valence-corrected chi connectivity index (χ3v) is 4.23. The molecule has 2 heterocycles. The summed E-state index contributed by atoms with van der Waals surface area (Å²) in [6, 6.07) is 5.99. The van der Waals surface area contributed by atoms with Crippen molar-refractivity contribution < 1.29 is 23.8 Å². The molecule has 0 saturated heterocycles. The normalized spacial score (nSPS) is 14.0. The van der Waals surface area contributed by atoms with E-state index < -0.39 is 17.7 Å². The first-order chi connectivity index (χ1) is 12.6. The van der Waals surface area contributed by atoms with Crippen LogP contribution in [0.1, 0.15) is 48.1 Å². The van der Waals surface area contributed by atoms with Crippen LogP contribution < -0.4 is 0 Å². The first-order valence-corrected chi connectivity index (χ1v) is 8.68. The molecule has 1 aliphatic heterocycles. The van der Waals surface area contributed by atoms with E-state index >= 15 is 0 Å². The van der Waals surface area contributed by atoms with Crippen LogP contribution in [0.3, 0.4) is 0 Å². The van der Waals surface area contributed by atoms with Crippen molar-refractivity contribution in [1.29, 1.82) is 0 Å². The predicted octanol–water partition coefficient (Wildman–Crippen LogP) is 3.06. The highest BCUT2D eigenvalue weighted by atomic mass is 19.1. The maximum absolute atomic E-state index is 13.1. The molecule has 144 valence electrons. The minimum Gasteiger partial charge on any atom is -0.476 e. The number of rotatable bonds is 3. The molecule has 0 aliphatic carbocycles. The number of halogens is 1. The van der Waals surface area contributed by atoms with Gasteiger partial charge >= 0.3 is 12.1 Å².